The van der Waals surface area contributed by atoms with Crippen molar-refractivity contribution in [2.75, 3.05) is 18.9 Å². The highest BCUT2D eigenvalue weighted by Crippen LogP contribution is 2.44. The van der Waals surface area contributed by atoms with Gasteiger partial charge in [0.2, 0.25) is 11.8 Å². The van der Waals surface area contributed by atoms with Crippen molar-refractivity contribution in [2.24, 2.45) is 22.1 Å². The summed E-state index contributed by atoms with van der Waals surface area (Å²) in [6.45, 7) is 1.07. The number of para-hydroxylation sites is 1. The number of alkyl halides is 6. The number of allylic oxidation sites excluding steroid dienone is 1. The van der Waals surface area contributed by atoms with Crippen molar-refractivity contribution in [3.63, 3.8) is 0 Å². The highest BCUT2D eigenvalue weighted by molar-refractivity contribution is 6.08. The molecule has 0 spiro atoms. The normalized spacial score (nSPS) is 25.8. The van der Waals surface area contributed by atoms with Crippen LogP contribution in [0.15, 0.2) is 40.2 Å². The Labute approximate surface area is 175 Å². The van der Waals surface area contributed by atoms with Crippen LogP contribution in [-0.4, -0.2) is 48.4 Å². The molecular formula is C18H15F7N4O3. The summed E-state index contributed by atoms with van der Waals surface area (Å²) in [7, 11) is 1.30. The molecule has 14 heteroatoms. The van der Waals surface area contributed by atoms with Gasteiger partial charge in [-0.1, -0.05) is 6.07 Å². The maximum atomic E-state index is 13.9. The molecule has 1 saturated heterocycles. The van der Waals surface area contributed by atoms with Crippen molar-refractivity contribution in [1.82, 2.24) is 4.90 Å². The van der Waals surface area contributed by atoms with E-state index in [1.165, 1.54) is 14.0 Å². The molecule has 0 bridgehead atoms. The number of rotatable bonds is 4. The van der Waals surface area contributed by atoms with Crippen LogP contribution in [0.2, 0.25) is 0 Å². The molecule has 1 fully saturated rings. The van der Waals surface area contributed by atoms with Crippen LogP contribution in [0, 0.1) is 17.7 Å². The van der Waals surface area contributed by atoms with E-state index in [0.717, 1.165) is 17.0 Å². The van der Waals surface area contributed by atoms with E-state index in [9.17, 15) is 40.3 Å². The number of anilines is 1. The number of carbonyl (C=O) groups is 2. The Kier molecular flexibility index (Phi) is 5.68. The smallest absolute Gasteiger partial charge is 0.400 e. The summed E-state index contributed by atoms with van der Waals surface area (Å²) >= 11 is 0. The zero-order chi connectivity index (χ0) is 24.1. The Hall–Kier alpha value is -3.19. The van der Waals surface area contributed by atoms with Crippen molar-refractivity contribution in [1.29, 1.82) is 0 Å². The average Bonchev–Trinajstić information content (AvgIpc) is 3.19. The van der Waals surface area contributed by atoms with E-state index in [1.807, 2.05) is 5.32 Å². The molecule has 174 valence electrons. The molecule has 0 radical (unpaired) electrons. The second-order valence-corrected chi connectivity index (χ2v) is 7.41. The fourth-order valence-electron chi connectivity index (χ4n) is 3.57. The molecular weight excluding hydrogens is 453 g/mol. The maximum Gasteiger partial charge on any atom is 0.573 e. The summed E-state index contributed by atoms with van der Waals surface area (Å²) in [4.78, 5) is 26.5. The Bertz CT molecular complexity index is 1010. The number of nitrogens with one attached hydrogen (secondary N) is 1. The van der Waals surface area contributed by atoms with Crippen LogP contribution in [0.5, 0.6) is 5.75 Å². The first-order valence-corrected chi connectivity index (χ1v) is 8.95. The third kappa shape index (κ3) is 4.53. The van der Waals surface area contributed by atoms with E-state index in [1.54, 1.807) is 0 Å². The van der Waals surface area contributed by atoms with Gasteiger partial charge >= 0.3 is 12.5 Å². The van der Waals surface area contributed by atoms with Gasteiger partial charge < -0.3 is 15.0 Å². The second-order valence-electron chi connectivity index (χ2n) is 7.41. The lowest BCUT2D eigenvalue weighted by Gasteiger charge is -2.27. The lowest BCUT2D eigenvalue weighted by Crippen LogP contribution is -2.41. The number of hydrogen-bond acceptors (Lipinski definition) is 5. The third-order valence-electron chi connectivity index (χ3n) is 5.08. The molecule has 0 aliphatic carbocycles. The van der Waals surface area contributed by atoms with Crippen LogP contribution in [0.1, 0.15) is 6.92 Å². The van der Waals surface area contributed by atoms with Gasteiger partial charge in [0, 0.05) is 19.5 Å². The lowest BCUT2D eigenvalue weighted by molar-refractivity contribution is -0.275. The summed E-state index contributed by atoms with van der Waals surface area (Å²) in [5.74, 6) is -7.48. The Morgan fingerprint density at radius 2 is 1.91 bits per heavy atom. The predicted octanol–water partition coefficient (Wildman–Crippen LogP) is 4.04. The molecule has 7 nitrogen and oxygen atoms in total. The lowest BCUT2D eigenvalue weighted by atomic mass is 9.78. The summed E-state index contributed by atoms with van der Waals surface area (Å²) in [6.07, 6.45) is -9.40. The number of amides is 2. The summed E-state index contributed by atoms with van der Waals surface area (Å²) in [5.41, 5.74) is -3.70. The van der Waals surface area contributed by atoms with Crippen molar-refractivity contribution in [3.05, 3.63) is 35.8 Å². The first-order chi connectivity index (χ1) is 14.6. The summed E-state index contributed by atoms with van der Waals surface area (Å²) in [5, 5.41) is 8.72. The summed E-state index contributed by atoms with van der Waals surface area (Å²) < 4.78 is 94.3. The first kappa shape index (κ1) is 23.5. The molecule has 2 aliphatic rings. The van der Waals surface area contributed by atoms with E-state index in [0.29, 0.717) is 12.1 Å². The van der Waals surface area contributed by atoms with E-state index in [-0.39, 0.29) is 6.54 Å². The highest BCUT2D eigenvalue weighted by Gasteiger charge is 2.54. The zero-order valence-corrected chi connectivity index (χ0v) is 16.4. The number of nitrogens with zero attached hydrogens (tertiary/aromatic N) is 3. The van der Waals surface area contributed by atoms with Crippen LogP contribution in [0.25, 0.3) is 0 Å². The SMILES string of the molecule is CN1C[C@H](C2(C)C=C(C(F)(F)F)N=N2)[C@@H](C(=O)Nc2cccc(F)c2OC(F)(F)F)C1=O. The molecule has 2 aliphatic heterocycles. The number of hydrogen-bond donors (Lipinski definition) is 1. The molecule has 32 heavy (non-hydrogen) atoms. The molecule has 0 saturated carbocycles. The van der Waals surface area contributed by atoms with E-state index < -0.39 is 64.7 Å². The van der Waals surface area contributed by atoms with E-state index in [4.69, 9.17) is 0 Å². The fourth-order valence-corrected chi connectivity index (χ4v) is 3.57. The minimum Gasteiger partial charge on any atom is -0.400 e. The number of carbonyl (C=O) groups excluding carboxylic acids is 2. The fraction of sp³-hybridized carbons (Fsp3) is 0.444. The number of benzene rings is 1. The van der Waals surface area contributed by atoms with Gasteiger partial charge in [-0.3, -0.25) is 9.59 Å². The van der Waals surface area contributed by atoms with E-state index in [2.05, 4.69) is 15.0 Å². The third-order valence-corrected chi connectivity index (χ3v) is 5.08. The van der Waals surface area contributed by atoms with Crippen LogP contribution >= 0.6 is 0 Å². The monoisotopic (exact) mass is 468 g/mol. The van der Waals surface area contributed by atoms with Crippen molar-refractivity contribution >= 4 is 17.5 Å². The van der Waals surface area contributed by atoms with Crippen molar-refractivity contribution in [3.8, 4) is 5.75 Å². The topological polar surface area (TPSA) is 83.4 Å². The molecule has 3 rings (SSSR count). The standard InChI is InChI=1S/C18H15F7N4O3/c1-16(6-11(27-28-16)17(20,21)22)8-7-29(2)15(31)12(8)14(30)26-10-5-3-4-9(19)13(10)32-18(23,24)25/h3-6,8,12H,7H2,1-2H3,(H,26,30)/t8-,12-,16?/m0/s1. The van der Waals surface area contributed by atoms with Gasteiger partial charge in [-0.15, -0.1) is 13.2 Å². The van der Waals surface area contributed by atoms with Crippen LogP contribution in [0.4, 0.5) is 36.4 Å². The van der Waals surface area contributed by atoms with E-state index >= 15 is 0 Å². The first-order valence-electron chi connectivity index (χ1n) is 8.95. The van der Waals surface area contributed by atoms with Gasteiger partial charge in [0.05, 0.1) is 5.69 Å². The van der Waals surface area contributed by atoms with Crippen LogP contribution < -0.4 is 10.1 Å². The predicted molar refractivity (Wildman–Crippen MR) is 93.7 cm³/mol. The number of azo groups is 1. The molecule has 1 aromatic rings. The van der Waals surface area contributed by atoms with Gasteiger partial charge in [-0.05, 0) is 25.1 Å². The largest absolute Gasteiger partial charge is 0.573 e. The van der Waals surface area contributed by atoms with Gasteiger partial charge in [0.15, 0.2) is 17.3 Å². The van der Waals surface area contributed by atoms with Crippen LogP contribution in [0.3, 0.4) is 0 Å². The molecule has 1 aromatic carbocycles. The Morgan fingerprint density at radius 1 is 1.25 bits per heavy atom. The van der Waals surface area contributed by atoms with Gasteiger partial charge in [0.1, 0.15) is 11.5 Å². The van der Waals surface area contributed by atoms with Crippen molar-refractivity contribution in [2.45, 2.75) is 25.0 Å². The Balaban J connectivity index is 1.92. The quantitative estimate of drug-likeness (QED) is 0.535. The number of ether oxygens (including phenoxy) is 1. The molecule has 1 unspecified atom stereocenters. The van der Waals surface area contributed by atoms with Gasteiger partial charge in [-0.2, -0.15) is 23.4 Å². The molecule has 2 heterocycles. The number of likely N-dealkylation sites (tertiary alicyclic amines) is 1. The molecule has 1 N–H and O–H groups in total. The summed E-state index contributed by atoms with van der Waals surface area (Å²) in [6, 6.07) is 2.58. The average molecular weight is 468 g/mol. The number of halogens is 7. The van der Waals surface area contributed by atoms with Crippen molar-refractivity contribution < 1.29 is 45.1 Å². The molecule has 2 amide bonds. The maximum absolute atomic E-state index is 13.9. The molecule has 3 atom stereocenters. The van der Waals surface area contributed by atoms with Crippen LogP contribution in [-0.2, 0) is 9.59 Å². The Morgan fingerprint density at radius 3 is 2.47 bits per heavy atom. The van der Waals surface area contributed by atoms with Gasteiger partial charge in [0.25, 0.3) is 0 Å². The zero-order valence-electron chi connectivity index (χ0n) is 16.4. The second kappa shape index (κ2) is 7.74. The van der Waals surface area contributed by atoms with Gasteiger partial charge in [-0.25, -0.2) is 4.39 Å². The minimum absolute atomic E-state index is 0.177. The minimum atomic E-state index is -5.27. The highest BCUT2D eigenvalue weighted by atomic mass is 19.4. The molecule has 0 aromatic heterocycles.